The van der Waals surface area contributed by atoms with Crippen molar-refractivity contribution >= 4 is 11.8 Å². The summed E-state index contributed by atoms with van der Waals surface area (Å²) >= 11 is 1.36. The van der Waals surface area contributed by atoms with Crippen molar-refractivity contribution in [3.63, 3.8) is 0 Å². The summed E-state index contributed by atoms with van der Waals surface area (Å²) < 4.78 is 14.0. The fourth-order valence-corrected chi connectivity index (χ4v) is 2.68. The van der Waals surface area contributed by atoms with Gasteiger partial charge in [0.15, 0.2) is 5.00 Å². The van der Waals surface area contributed by atoms with Gasteiger partial charge in [-0.3, -0.25) is 4.90 Å². The molecule has 0 spiro atoms. The van der Waals surface area contributed by atoms with E-state index in [4.69, 9.17) is 0 Å². The molecule has 2 rings (SSSR count). The topological polar surface area (TPSA) is 3.24 Å². The molecule has 0 radical (unpaired) electrons. The van der Waals surface area contributed by atoms with E-state index >= 15 is 0 Å². The fourth-order valence-electron chi connectivity index (χ4n) is 2.09. The summed E-state index contributed by atoms with van der Waals surface area (Å²) in [6, 6.07) is 10.4. The second-order valence-corrected chi connectivity index (χ2v) is 5.49. The van der Waals surface area contributed by atoms with Crippen LogP contribution in [0.2, 0.25) is 0 Å². The number of alkyl halides is 1. The third-order valence-electron chi connectivity index (χ3n) is 3.22. The van der Waals surface area contributed by atoms with Crippen molar-refractivity contribution in [3.8, 4) is 0 Å². The smallest absolute Gasteiger partial charge is 0.158 e. The van der Waals surface area contributed by atoms with Crippen LogP contribution in [-0.4, -0.2) is 29.2 Å². The molecule has 0 atom stereocenters. The molecule has 1 aromatic rings. The lowest BCUT2D eigenvalue weighted by Crippen LogP contribution is -2.39. The Labute approximate surface area is 101 Å². The fraction of sp³-hybridized carbons (Fsp3) is 0.538. The first-order valence-electron chi connectivity index (χ1n) is 5.72. The zero-order valence-electron chi connectivity index (χ0n) is 9.66. The minimum atomic E-state index is -0.979. The number of halogens is 1. The molecule has 1 heterocycles. The first-order chi connectivity index (χ1) is 7.72. The van der Waals surface area contributed by atoms with E-state index in [9.17, 15) is 4.39 Å². The molecule has 1 aliphatic heterocycles. The molecule has 16 heavy (non-hydrogen) atoms. The van der Waals surface area contributed by atoms with E-state index in [-0.39, 0.29) is 0 Å². The summed E-state index contributed by atoms with van der Waals surface area (Å²) in [5.74, 6) is 0. The van der Waals surface area contributed by atoms with Crippen molar-refractivity contribution in [2.75, 3.05) is 19.3 Å². The maximum absolute atomic E-state index is 14.0. The Morgan fingerprint density at radius 2 is 1.88 bits per heavy atom. The SMILES string of the molecule is CSC1(F)CCN(Cc2ccccc2)CC1. The average molecular weight is 239 g/mol. The first kappa shape index (κ1) is 11.9. The van der Waals surface area contributed by atoms with E-state index in [1.807, 2.05) is 12.3 Å². The molecule has 1 saturated heterocycles. The highest BCUT2D eigenvalue weighted by atomic mass is 32.2. The molecule has 0 aliphatic carbocycles. The molecule has 1 aliphatic rings. The predicted molar refractivity (Wildman–Crippen MR) is 68.3 cm³/mol. The highest BCUT2D eigenvalue weighted by Gasteiger charge is 2.33. The lowest BCUT2D eigenvalue weighted by atomic mass is 10.1. The quantitative estimate of drug-likeness (QED) is 0.796. The highest BCUT2D eigenvalue weighted by molar-refractivity contribution is 7.99. The Morgan fingerprint density at radius 3 is 2.44 bits per heavy atom. The first-order valence-corrected chi connectivity index (χ1v) is 6.95. The minimum absolute atomic E-state index is 0.654. The van der Waals surface area contributed by atoms with Crippen LogP contribution in [-0.2, 0) is 6.54 Å². The summed E-state index contributed by atoms with van der Waals surface area (Å²) in [5.41, 5.74) is 1.32. The maximum Gasteiger partial charge on any atom is 0.158 e. The zero-order valence-corrected chi connectivity index (χ0v) is 10.5. The molecule has 0 bridgehead atoms. The molecule has 1 aromatic carbocycles. The number of hydrogen-bond donors (Lipinski definition) is 0. The summed E-state index contributed by atoms with van der Waals surface area (Å²) in [7, 11) is 0. The van der Waals surface area contributed by atoms with E-state index in [0.717, 1.165) is 19.6 Å². The number of piperidine rings is 1. The normalized spacial score (nSPS) is 20.9. The number of thioether (sulfide) groups is 1. The molecule has 1 fully saturated rings. The van der Waals surface area contributed by atoms with Crippen molar-refractivity contribution in [1.29, 1.82) is 0 Å². The van der Waals surface area contributed by atoms with Gasteiger partial charge in [-0.2, -0.15) is 0 Å². The van der Waals surface area contributed by atoms with Gasteiger partial charge in [0.2, 0.25) is 0 Å². The summed E-state index contributed by atoms with van der Waals surface area (Å²) in [5, 5.41) is -0.979. The number of hydrogen-bond acceptors (Lipinski definition) is 2. The molecule has 0 amide bonds. The van der Waals surface area contributed by atoms with E-state index in [0.29, 0.717) is 12.8 Å². The maximum atomic E-state index is 14.0. The zero-order chi connectivity index (χ0) is 11.4. The highest BCUT2D eigenvalue weighted by Crippen LogP contribution is 2.35. The average Bonchev–Trinajstić information content (AvgIpc) is 2.34. The van der Waals surface area contributed by atoms with Gasteiger partial charge in [0, 0.05) is 32.5 Å². The second-order valence-electron chi connectivity index (χ2n) is 4.35. The Balaban J connectivity index is 1.86. The number of nitrogens with zero attached hydrogens (tertiary/aromatic N) is 1. The Kier molecular flexibility index (Phi) is 3.87. The van der Waals surface area contributed by atoms with Crippen molar-refractivity contribution in [1.82, 2.24) is 4.90 Å². The van der Waals surface area contributed by atoms with Crippen molar-refractivity contribution in [2.45, 2.75) is 24.4 Å². The van der Waals surface area contributed by atoms with Crippen LogP contribution in [0.1, 0.15) is 18.4 Å². The monoisotopic (exact) mass is 239 g/mol. The lowest BCUT2D eigenvalue weighted by Gasteiger charge is -2.35. The van der Waals surface area contributed by atoms with Crippen molar-refractivity contribution in [3.05, 3.63) is 35.9 Å². The van der Waals surface area contributed by atoms with Crippen LogP contribution < -0.4 is 0 Å². The predicted octanol–water partition coefficient (Wildman–Crippen LogP) is 3.31. The van der Waals surface area contributed by atoms with E-state index in [2.05, 4.69) is 29.2 Å². The van der Waals surface area contributed by atoms with Gasteiger partial charge in [0.1, 0.15) is 0 Å². The van der Waals surface area contributed by atoms with E-state index in [1.54, 1.807) is 0 Å². The minimum Gasteiger partial charge on any atom is -0.299 e. The third-order valence-corrected chi connectivity index (χ3v) is 4.36. The summed E-state index contributed by atoms with van der Waals surface area (Å²) in [4.78, 5) is 2.34. The molecule has 0 unspecified atom stereocenters. The van der Waals surface area contributed by atoms with E-state index in [1.165, 1.54) is 17.3 Å². The Morgan fingerprint density at radius 1 is 1.25 bits per heavy atom. The van der Waals surface area contributed by atoms with E-state index < -0.39 is 5.00 Å². The van der Waals surface area contributed by atoms with Gasteiger partial charge >= 0.3 is 0 Å². The number of likely N-dealkylation sites (tertiary alicyclic amines) is 1. The van der Waals surface area contributed by atoms with Gasteiger partial charge in [0.25, 0.3) is 0 Å². The van der Waals surface area contributed by atoms with Crippen LogP contribution >= 0.6 is 11.8 Å². The van der Waals surface area contributed by atoms with Crippen molar-refractivity contribution < 1.29 is 4.39 Å². The van der Waals surface area contributed by atoms with Gasteiger partial charge in [-0.05, 0) is 11.8 Å². The van der Waals surface area contributed by atoms with Crippen LogP contribution in [0.15, 0.2) is 30.3 Å². The lowest BCUT2D eigenvalue weighted by molar-refractivity contribution is 0.123. The van der Waals surface area contributed by atoms with Gasteiger partial charge < -0.3 is 0 Å². The molecule has 0 saturated carbocycles. The van der Waals surface area contributed by atoms with Gasteiger partial charge in [0.05, 0.1) is 0 Å². The Hall–Kier alpha value is -0.540. The van der Waals surface area contributed by atoms with Crippen LogP contribution in [0.25, 0.3) is 0 Å². The third kappa shape index (κ3) is 2.98. The summed E-state index contributed by atoms with van der Waals surface area (Å²) in [6.07, 6.45) is 3.18. The van der Waals surface area contributed by atoms with Crippen LogP contribution in [0.3, 0.4) is 0 Å². The van der Waals surface area contributed by atoms with Crippen LogP contribution in [0, 0.1) is 0 Å². The Bertz CT molecular complexity index is 320. The molecular formula is C13H18FNS. The van der Waals surface area contributed by atoms with Gasteiger partial charge in [-0.25, -0.2) is 4.39 Å². The molecule has 0 aromatic heterocycles. The van der Waals surface area contributed by atoms with Gasteiger partial charge in [-0.15, -0.1) is 11.8 Å². The van der Waals surface area contributed by atoms with Crippen LogP contribution in [0.5, 0.6) is 0 Å². The van der Waals surface area contributed by atoms with Gasteiger partial charge in [-0.1, -0.05) is 30.3 Å². The van der Waals surface area contributed by atoms with Crippen molar-refractivity contribution in [2.24, 2.45) is 0 Å². The summed E-state index contributed by atoms with van der Waals surface area (Å²) in [6.45, 7) is 2.68. The second kappa shape index (κ2) is 5.19. The van der Waals surface area contributed by atoms with Crippen LogP contribution in [0.4, 0.5) is 4.39 Å². The molecule has 0 N–H and O–H groups in total. The molecule has 1 nitrogen and oxygen atoms in total. The molecule has 3 heteroatoms. The largest absolute Gasteiger partial charge is 0.299 e. The standard InChI is InChI=1S/C13H18FNS/c1-16-13(14)7-9-15(10-8-13)11-12-5-3-2-4-6-12/h2-6H,7-11H2,1H3. The molecular weight excluding hydrogens is 221 g/mol. The number of benzene rings is 1. The molecule has 88 valence electrons. The number of rotatable bonds is 3.